The smallest absolute Gasteiger partial charge is 0.433 e. The average molecular weight is 924 g/mol. The van der Waals surface area contributed by atoms with Crippen molar-refractivity contribution < 1.29 is 72.7 Å². The van der Waals surface area contributed by atoms with Gasteiger partial charge in [0.1, 0.15) is 15.7 Å². The molecule has 6 N–H and O–H groups in total. The number of hydroxylamine groups is 2. The molecule has 0 atom stereocenters. The van der Waals surface area contributed by atoms with Crippen molar-refractivity contribution in [3.05, 3.63) is 79.0 Å². The molecule has 0 unspecified atom stereocenters. The summed E-state index contributed by atoms with van der Waals surface area (Å²) < 4.78 is 134. The van der Waals surface area contributed by atoms with Crippen LogP contribution >= 0.6 is 11.3 Å². The largest absolute Gasteiger partial charge is 0.461 e. The Kier molecular flexibility index (Phi) is 14.4. The van der Waals surface area contributed by atoms with Crippen LogP contribution < -0.4 is 31.1 Å². The Labute approximate surface area is 349 Å². The molecule has 2 aliphatic rings. The second kappa shape index (κ2) is 18.6. The van der Waals surface area contributed by atoms with E-state index in [2.05, 4.69) is 25.1 Å². The number of benzene rings is 2. The molecule has 2 fully saturated rings. The van der Waals surface area contributed by atoms with Crippen molar-refractivity contribution in [1.82, 2.24) is 26.6 Å². The lowest BCUT2D eigenvalue weighted by atomic mass is 9.96. The SMILES string of the molecule is CC(F)(F)Oc1ccc(-c2ccc(S(=O)(=O)C3(C(=O)NO)CCNCC3)cn2)cc1.O=C(NO)C1(S(=O)(=O)c2ccc(-c3ccc(OC(F)(F)C(F)F)cc3)s2)CCNCC1. The molecule has 4 heterocycles. The van der Waals surface area contributed by atoms with E-state index in [4.69, 9.17) is 10.4 Å². The van der Waals surface area contributed by atoms with E-state index in [1.807, 2.05) is 0 Å². The highest BCUT2D eigenvalue weighted by atomic mass is 32.2. The first kappa shape index (κ1) is 47.2. The lowest BCUT2D eigenvalue weighted by molar-refractivity contribution is -0.253. The first-order valence-corrected chi connectivity index (χ1v) is 21.9. The Hall–Kier alpha value is -4.85. The monoisotopic (exact) mass is 923 g/mol. The predicted molar refractivity (Wildman–Crippen MR) is 206 cm³/mol. The number of alkyl halides is 6. The van der Waals surface area contributed by atoms with Crippen LogP contribution in [0.15, 0.2) is 88.1 Å². The number of nitrogens with zero attached hydrogens (tertiary/aromatic N) is 1. The molecule has 0 saturated carbocycles. The Morgan fingerprint density at radius 2 is 1.20 bits per heavy atom. The van der Waals surface area contributed by atoms with E-state index in [9.17, 15) is 52.8 Å². The number of rotatable bonds is 13. The van der Waals surface area contributed by atoms with E-state index in [1.54, 1.807) is 0 Å². The van der Waals surface area contributed by atoms with E-state index in [-0.39, 0.29) is 53.6 Å². The van der Waals surface area contributed by atoms with Gasteiger partial charge in [0.15, 0.2) is 19.3 Å². The van der Waals surface area contributed by atoms with Crippen LogP contribution in [0.3, 0.4) is 0 Å². The van der Waals surface area contributed by atoms with Crippen molar-refractivity contribution in [2.75, 3.05) is 26.2 Å². The number of ether oxygens (including phenoxy) is 2. The number of aromatic nitrogens is 1. The molecule has 6 rings (SSSR count). The third-order valence-electron chi connectivity index (χ3n) is 9.87. The highest BCUT2D eigenvalue weighted by Gasteiger charge is 2.53. The fraction of sp³-hybridized carbons (Fsp3) is 0.378. The summed E-state index contributed by atoms with van der Waals surface area (Å²) in [6, 6.07) is 16.1. The molecular weight excluding hydrogens is 885 g/mol. The third-order valence-corrected chi connectivity index (χ3v) is 16.5. The Morgan fingerprint density at radius 3 is 1.64 bits per heavy atom. The van der Waals surface area contributed by atoms with Gasteiger partial charge in [-0.25, -0.2) is 27.8 Å². The molecule has 2 amide bonds. The number of sulfone groups is 2. The van der Waals surface area contributed by atoms with Gasteiger partial charge in [-0.1, -0.05) is 0 Å². The second-order valence-corrected chi connectivity index (χ2v) is 19.6. The Morgan fingerprint density at radius 1 is 0.721 bits per heavy atom. The van der Waals surface area contributed by atoms with E-state index in [0.717, 1.165) is 29.7 Å². The fourth-order valence-electron chi connectivity index (χ4n) is 6.64. The number of piperidine rings is 2. The van der Waals surface area contributed by atoms with Crippen LogP contribution in [-0.4, -0.2) is 98.4 Å². The molecule has 0 bridgehead atoms. The van der Waals surface area contributed by atoms with Gasteiger partial charge in [0.2, 0.25) is 9.84 Å². The van der Waals surface area contributed by atoms with Crippen LogP contribution in [0.2, 0.25) is 0 Å². The highest BCUT2D eigenvalue weighted by Crippen LogP contribution is 2.40. The summed E-state index contributed by atoms with van der Waals surface area (Å²) in [5.41, 5.74) is 4.34. The first-order chi connectivity index (χ1) is 28.6. The number of nitrogens with one attached hydrogen (secondary N) is 4. The Bertz CT molecular complexity index is 2370. The third kappa shape index (κ3) is 10.1. The molecule has 2 saturated heterocycles. The van der Waals surface area contributed by atoms with E-state index < -0.39 is 65.4 Å². The quantitative estimate of drug-likeness (QED) is 0.0578. The van der Waals surface area contributed by atoms with Gasteiger partial charge in [-0.15, -0.1) is 11.3 Å². The molecule has 15 nitrogen and oxygen atoms in total. The summed E-state index contributed by atoms with van der Waals surface area (Å²) in [5.74, 6) is -2.48. The molecule has 24 heteroatoms. The molecule has 2 aliphatic heterocycles. The van der Waals surface area contributed by atoms with E-state index in [0.29, 0.717) is 41.7 Å². The van der Waals surface area contributed by atoms with Crippen molar-refractivity contribution >= 4 is 42.8 Å². The summed E-state index contributed by atoms with van der Waals surface area (Å²) in [5, 5.41) is 24.1. The summed E-state index contributed by atoms with van der Waals surface area (Å²) in [4.78, 5) is 29.0. The van der Waals surface area contributed by atoms with E-state index in [1.165, 1.54) is 71.6 Å². The molecule has 0 spiro atoms. The van der Waals surface area contributed by atoms with Crippen LogP contribution in [-0.2, 0) is 29.3 Å². The zero-order valence-electron chi connectivity index (χ0n) is 31.8. The van der Waals surface area contributed by atoms with Crippen LogP contribution in [0, 0.1) is 0 Å². The van der Waals surface area contributed by atoms with Crippen molar-refractivity contribution in [3.8, 4) is 33.2 Å². The lowest BCUT2D eigenvalue weighted by Gasteiger charge is -2.34. The number of thiophene rings is 1. The average Bonchev–Trinajstić information content (AvgIpc) is 3.75. The summed E-state index contributed by atoms with van der Waals surface area (Å²) in [6.45, 7) is 1.80. The molecule has 0 aliphatic carbocycles. The molecular formula is C37H39F6N5O10S3. The number of carbonyl (C=O) groups excluding carboxylic acids is 2. The molecule has 2 aromatic heterocycles. The number of carbonyl (C=O) groups is 2. The minimum absolute atomic E-state index is 0.00695. The molecule has 332 valence electrons. The molecule has 4 aromatic rings. The van der Waals surface area contributed by atoms with Crippen LogP contribution in [0.1, 0.15) is 32.6 Å². The topological polar surface area (TPSA) is 222 Å². The van der Waals surface area contributed by atoms with E-state index >= 15 is 0 Å². The number of halogens is 6. The van der Waals surface area contributed by atoms with Gasteiger partial charge in [-0.05, 0) is 130 Å². The highest BCUT2D eigenvalue weighted by molar-refractivity contribution is 7.95. The lowest BCUT2D eigenvalue weighted by Crippen LogP contribution is -2.57. The van der Waals surface area contributed by atoms with Crippen LogP contribution in [0.25, 0.3) is 21.7 Å². The maximum Gasteiger partial charge on any atom is 0.461 e. The zero-order chi connectivity index (χ0) is 44.9. The number of hydrogen-bond acceptors (Lipinski definition) is 14. The first-order valence-electron chi connectivity index (χ1n) is 18.1. The van der Waals surface area contributed by atoms with Gasteiger partial charge in [-0.3, -0.25) is 25.0 Å². The normalized spacial score (nSPS) is 16.8. The standard InChI is InChI=1S/C19H21F2N3O5S.C18H18F4N2O5S2/c1-18(20,21)29-14-4-2-13(3-5-14)16-7-6-15(12-23-16)30(27,28)19(17(25)24-26)8-10-22-11-9-19;19-15(20)18(21,22)29-12-3-1-11(2-4-12)13-5-6-14(30-13)31(27,28)17(16(25)24-26)7-9-23-10-8-17/h2-7,12,22,26H,8-11H2,1H3,(H,24,25);1-6,15,23,26H,7-10H2,(H,24,25). The van der Waals surface area contributed by atoms with Gasteiger partial charge >= 0.3 is 18.6 Å². The van der Waals surface area contributed by atoms with Crippen LogP contribution in [0.4, 0.5) is 26.3 Å². The van der Waals surface area contributed by atoms with Gasteiger partial charge < -0.3 is 20.1 Å². The zero-order valence-corrected chi connectivity index (χ0v) is 34.3. The second-order valence-electron chi connectivity index (χ2n) is 13.8. The fourth-order valence-corrected chi connectivity index (χ4v) is 12.2. The summed E-state index contributed by atoms with van der Waals surface area (Å²) in [6.07, 6.45) is -10.8. The van der Waals surface area contributed by atoms with Gasteiger partial charge in [0, 0.05) is 23.6 Å². The summed E-state index contributed by atoms with van der Waals surface area (Å²) >= 11 is 0.858. The predicted octanol–water partition coefficient (Wildman–Crippen LogP) is 5.19. The number of amides is 2. The van der Waals surface area contributed by atoms with Crippen molar-refractivity contribution in [2.45, 2.75) is 69.8 Å². The van der Waals surface area contributed by atoms with Crippen molar-refractivity contribution in [1.29, 1.82) is 0 Å². The van der Waals surface area contributed by atoms with Gasteiger partial charge in [0.05, 0.1) is 10.6 Å². The molecule has 61 heavy (non-hydrogen) atoms. The van der Waals surface area contributed by atoms with Crippen molar-refractivity contribution in [2.24, 2.45) is 0 Å². The minimum Gasteiger partial charge on any atom is -0.433 e. The number of hydrogen-bond donors (Lipinski definition) is 6. The Balaban J connectivity index is 0.000000231. The van der Waals surface area contributed by atoms with Crippen molar-refractivity contribution in [3.63, 3.8) is 0 Å². The number of pyridine rings is 1. The minimum atomic E-state index is -4.64. The van der Waals surface area contributed by atoms with Gasteiger partial charge in [0.25, 0.3) is 11.8 Å². The van der Waals surface area contributed by atoms with Crippen LogP contribution in [0.5, 0.6) is 11.5 Å². The summed E-state index contributed by atoms with van der Waals surface area (Å²) in [7, 11) is -8.30. The maximum absolute atomic E-state index is 13.3. The molecule has 0 radical (unpaired) electrons. The maximum atomic E-state index is 13.3. The molecule has 2 aromatic carbocycles. The van der Waals surface area contributed by atoms with Gasteiger partial charge in [-0.2, -0.15) is 26.3 Å².